The summed E-state index contributed by atoms with van der Waals surface area (Å²) in [6, 6.07) is 0.189. The molecule has 3 heteroatoms. The predicted molar refractivity (Wildman–Crippen MR) is 69.0 cm³/mol. The van der Waals surface area contributed by atoms with Gasteiger partial charge < -0.3 is 15.2 Å². The lowest BCUT2D eigenvalue weighted by Gasteiger charge is -2.43. The minimum atomic E-state index is -0.118. The first-order chi connectivity index (χ1) is 8.28. The largest absolute Gasteiger partial charge is 0.381 e. The molecule has 2 N–H and O–H groups in total. The van der Waals surface area contributed by atoms with Crippen LogP contribution in [-0.2, 0) is 9.47 Å². The molecule has 0 radical (unpaired) electrons. The van der Waals surface area contributed by atoms with Crippen LogP contribution in [0.15, 0.2) is 0 Å². The molecule has 1 saturated carbocycles. The number of rotatable bonds is 3. The molecular formula is C14H27NO2. The van der Waals surface area contributed by atoms with Crippen LogP contribution < -0.4 is 5.73 Å². The molecule has 1 aliphatic carbocycles. The van der Waals surface area contributed by atoms with Crippen molar-refractivity contribution in [3.63, 3.8) is 0 Å². The van der Waals surface area contributed by atoms with Crippen LogP contribution in [-0.4, -0.2) is 32.0 Å². The van der Waals surface area contributed by atoms with Crippen LogP contribution in [0.25, 0.3) is 0 Å². The van der Waals surface area contributed by atoms with Crippen molar-refractivity contribution in [2.75, 3.05) is 20.3 Å². The van der Waals surface area contributed by atoms with Gasteiger partial charge in [-0.1, -0.05) is 25.7 Å². The zero-order valence-electron chi connectivity index (χ0n) is 11.1. The molecule has 0 amide bonds. The first-order valence-corrected chi connectivity index (χ1v) is 7.17. The minimum absolute atomic E-state index is 0.118. The molecule has 1 saturated heterocycles. The lowest BCUT2D eigenvalue weighted by atomic mass is 9.77. The predicted octanol–water partition coefficient (Wildman–Crippen LogP) is 2.48. The number of nitrogens with two attached hydrogens (primary N) is 1. The molecule has 0 spiro atoms. The minimum Gasteiger partial charge on any atom is -0.381 e. The number of ether oxygens (including phenoxy) is 2. The van der Waals surface area contributed by atoms with Crippen LogP contribution in [0.5, 0.6) is 0 Å². The fraction of sp³-hybridized carbons (Fsp3) is 1.00. The van der Waals surface area contributed by atoms with E-state index < -0.39 is 0 Å². The number of hydrogen-bond donors (Lipinski definition) is 1. The van der Waals surface area contributed by atoms with Gasteiger partial charge in [0.2, 0.25) is 0 Å². The van der Waals surface area contributed by atoms with E-state index in [9.17, 15) is 0 Å². The first kappa shape index (κ1) is 13.3. The van der Waals surface area contributed by atoms with Crippen LogP contribution in [0, 0.1) is 5.92 Å². The van der Waals surface area contributed by atoms with Crippen molar-refractivity contribution in [2.24, 2.45) is 11.7 Å². The third-order valence-electron chi connectivity index (χ3n) is 4.76. The fourth-order valence-electron chi connectivity index (χ4n) is 3.49. The van der Waals surface area contributed by atoms with Gasteiger partial charge >= 0.3 is 0 Å². The van der Waals surface area contributed by atoms with Gasteiger partial charge in [0.15, 0.2) is 0 Å². The van der Waals surface area contributed by atoms with Gasteiger partial charge in [0.05, 0.1) is 5.60 Å². The monoisotopic (exact) mass is 241 g/mol. The zero-order valence-corrected chi connectivity index (χ0v) is 11.1. The Morgan fingerprint density at radius 2 is 1.71 bits per heavy atom. The molecule has 2 aliphatic rings. The normalized spacial score (nSPS) is 28.6. The van der Waals surface area contributed by atoms with E-state index in [1.165, 1.54) is 38.5 Å². The Bertz CT molecular complexity index is 218. The van der Waals surface area contributed by atoms with E-state index in [2.05, 4.69) is 0 Å². The van der Waals surface area contributed by atoms with E-state index in [4.69, 9.17) is 15.2 Å². The molecule has 0 bridgehead atoms. The molecule has 0 aromatic heterocycles. The van der Waals surface area contributed by atoms with Crippen molar-refractivity contribution in [3.05, 3.63) is 0 Å². The Morgan fingerprint density at radius 1 is 1.12 bits per heavy atom. The Kier molecular flexibility index (Phi) is 4.83. The maximum atomic E-state index is 6.56. The van der Waals surface area contributed by atoms with Gasteiger partial charge in [0.25, 0.3) is 0 Å². The second-order valence-electron chi connectivity index (χ2n) is 5.66. The van der Waals surface area contributed by atoms with Crippen molar-refractivity contribution in [1.82, 2.24) is 0 Å². The van der Waals surface area contributed by atoms with Crippen molar-refractivity contribution in [1.29, 1.82) is 0 Å². The van der Waals surface area contributed by atoms with Crippen molar-refractivity contribution in [2.45, 2.75) is 63.0 Å². The third-order valence-corrected chi connectivity index (χ3v) is 4.76. The Balaban J connectivity index is 2.01. The Labute approximate surface area is 105 Å². The molecule has 0 aromatic carbocycles. The quantitative estimate of drug-likeness (QED) is 0.772. The van der Waals surface area contributed by atoms with E-state index in [1.807, 2.05) is 7.11 Å². The lowest BCUT2D eigenvalue weighted by molar-refractivity contribution is -0.114. The molecule has 1 heterocycles. The second kappa shape index (κ2) is 6.17. The van der Waals surface area contributed by atoms with Gasteiger partial charge in [-0.3, -0.25) is 0 Å². The average molecular weight is 241 g/mol. The lowest BCUT2D eigenvalue weighted by Crippen LogP contribution is -2.56. The van der Waals surface area contributed by atoms with E-state index in [-0.39, 0.29) is 11.6 Å². The molecule has 1 unspecified atom stereocenters. The van der Waals surface area contributed by atoms with Crippen LogP contribution in [0.3, 0.4) is 0 Å². The van der Waals surface area contributed by atoms with Gasteiger partial charge in [-0.15, -0.1) is 0 Å². The van der Waals surface area contributed by atoms with Crippen molar-refractivity contribution < 1.29 is 9.47 Å². The molecule has 2 rings (SSSR count). The topological polar surface area (TPSA) is 44.5 Å². The highest BCUT2D eigenvalue weighted by Crippen LogP contribution is 2.35. The maximum Gasteiger partial charge on any atom is 0.0875 e. The van der Waals surface area contributed by atoms with Gasteiger partial charge in [-0.25, -0.2) is 0 Å². The van der Waals surface area contributed by atoms with E-state index in [1.54, 1.807) is 0 Å². The Hall–Kier alpha value is -0.120. The summed E-state index contributed by atoms with van der Waals surface area (Å²) in [5, 5.41) is 0. The smallest absolute Gasteiger partial charge is 0.0875 e. The summed E-state index contributed by atoms with van der Waals surface area (Å²) in [4.78, 5) is 0. The summed E-state index contributed by atoms with van der Waals surface area (Å²) in [6.45, 7) is 1.60. The van der Waals surface area contributed by atoms with Gasteiger partial charge in [-0.05, 0) is 18.8 Å². The number of hydrogen-bond acceptors (Lipinski definition) is 3. The van der Waals surface area contributed by atoms with Gasteiger partial charge in [-0.2, -0.15) is 0 Å². The molecule has 2 fully saturated rings. The molecule has 0 aromatic rings. The second-order valence-corrected chi connectivity index (χ2v) is 5.66. The highest BCUT2D eigenvalue weighted by Gasteiger charge is 2.42. The van der Waals surface area contributed by atoms with Crippen LogP contribution >= 0.6 is 0 Å². The molecule has 3 nitrogen and oxygen atoms in total. The van der Waals surface area contributed by atoms with E-state index in [0.717, 1.165) is 26.1 Å². The summed E-state index contributed by atoms with van der Waals surface area (Å²) >= 11 is 0. The highest BCUT2D eigenvalue weighted by molar-refractivity contribution is 4.96. The van der Waals surface area contributed by atoms with Crippen LogP contribution in [0.2, 0.25) is 0 Å². The van der Waals surface area contributed by atoms with Gasteiger partial charge in [0.1, 0.15) is 0 Å². The van der Waals surface area contributed by atoms with Gasteiger partial charge in [0, 0.05) is 39.2 Å². The van der Waals surface area contributed by atoms with E-state index >= 15 is 0 Å². The summed E-state index contributed by atoms with van der Waals surface area (Å²) in [7, 11) is 1.82. The first-order valence-electron chi connectivity index (χ1n) is 7.17. The summed E-state index contributed by atoms with van der Waals surface area (Å²) < 4.78 is 11.3. The van der Waals surface area contributed by atoms with E-state index in [0.29, 0.717) is 5.92 Å². The van der Waals surface area contributed by atoms with Crippen LogP contribution in [0.4, 0.5) is 0 Å². The number of methoxy groups -OCH3 is 1. The van der Waals surface area contributed by atoms with Crippen molar-refractivity contribution >= 4 is 0 Å². The third kappa shape index (κ3) is 3.01. The summed E-state index contributed by atoms with van der Waals surface area (Å²) in [5.41, 5.74) is 6.44. The van der Waals surface area contributed by atoms with Crippen molar-refractivity contribution in [3.8, 4) is 0 Å². The average Bonchev–Trinajstić information content (AvgIpc) is 2.67. The summed E-state index contributed by atoms with van der Waals surface area (Å²) in [5.74, 6) is 0.649. The SMILES string of the molecule is COC1(C(N)C2CCCCCC2)CCOCC1. The van der Waals surface area contributed by atoms with Crippen LogP contribution in [0.1, 0.15) is 51.4 Å². The molecule has 17 heavy (non-hydrogen) atoms. The fourth-order valence-corrected chi connectivity index (χ4v) is 3.49. The molecule has 1 atom stereocenters. The molecular weight excluding hydrogens is 214 g/mol. The zero-order chi connectivity index (χ0) is 12.1. The molecule has 100 valence electrons. The molecule has 1 aliphatic heterocycles. The Morgan fingerprint density at radius 3 is 2.24 bits per heavy atom. The standard InChI is InChI=1S/C14H27NO2/c1-16-14(8-10-17-11-9-14)13(15)12-6-4-2-3-5-7-12/h12-13H,2-11,15H2,1H3. The highest BCUT2D eigenvalue weighted by atomic mass is 16.5. The summed E-state index contributed by atoms with van der Waals surface area (Å²) in [6.07, 6.45) is 9.94. The maximum absolute atomic E-state index is 6.56.